The molecule has 0 N–H and O–H groups in total. The van der Waals surface area contributed by atoms with Crippen molar-refractivity contribution in [2.24, 2.45) is 0 Å². The molecular formula is C32H41F4N5O4S. The van der Waals surface area contributed by atoms with Crippen LogP contribution in [0.5, 0.6) is 0 Å². The van der Waals surface area contributed by atoms with Gasteiger partial charge in [0.25, 0.3) is 0 Å². The molecule has 1 fully saturated rings. The molecule has 3 aromatic rings. The van der Waals surface area contributed by atoms with Crippen LogP contribution in [0.1, 0.15) is 91.0 Å². The number of aromatic nitrogens is 3. The van der Waals surface area contributed by atoms with Crippen molar-refractivity contribution in [2.75, 3.05) is 18.0 Å². The molecule has 0 radical (unpaired) electrons. The van der Waals surface area contributed by atoms with Gasteiger partial charge in [0.05, 0.1) is 29.7 Å². The van der Waals surface area contributed by atoms with Gasteiger partial charge >= 0.3 is 18.4 Å². The minimum atomic E-state index is -4.86. The number of likely N-dealkylation sites (tertiary alicyclic amines) is 1. The van der Waals surface area contributed by atoms with Gasteiger partial charge in [-0.25, -0.2) is 23.5 Å². The first-order valence-corrected chi connectivity index (χ1v) is 16.0. The van der Waals surface area contributed by atoms with Crippen molar-refractivity contribution >= 4 is 35.3 Å². The highest BCUT2D eigenvalue weighted by Gasteiger charge is 2.36. The second-order valence-corrected chi connectivity index (χ2v) is 14.9. The second-order valence-electron chi connectivity index (χ2n) is 13.6. The van der Waals surface area contributed by atoms with E-state index in [1.165, 1.54) is 11.8 Å². The van der Waals surface area contributed by atoms with Crippen molar-refractivity contribution in [3.63, 3.8) is 0 Å². The van der Waals surface area contributed by atoms with Gasteiger partial charge in [0, 0.05) is 18.3 Å². The van der Waals surface area contributed by atoms with E-state index in [1.54, 1.807) is 42.4 Å². The van der Waals surface area contributed by atoms with Crippen LogP contribution in [-0.4, -0.2) is 61.2 Å². The van der Waals surface area contributed by atoms with Crippen molar-refractivity contribution in [3.8, 4) is 0 Å². The van der Waals surface area contributed by atoms with E-state index in [-0.39, 0.29) is 34.2 Å². The average Bonchev–Trinajstić information content (AvgIpc) is 3.34. The van der Waals surface area contributed by atoms with Crippen LogP contribution in [0.2, 0.25) is 0 Å². The maximum atomic E-state index is 14.0. The minimum absolute atomic E-state index is 0.0171. The summed E-state index contributed by atoms with van der Waals surface area (Å²) in [4.78, 5) is 33.6. The van der Waals surface area contributed by atoms with Crippen LogP contribution in [0, 0.1) is 5.82 Å². The lowest BCUT2D eigenvalue weighted by Gasteiger charge is -2.33. The summed E-state index contributed by atoms with van der Waals surface area (Å²) in [6.07, 6.45) is -3.20. The summed E-state index contributed by atoms with van der Waals surface area (Å²) in [6, 6.07) is 3.99. The normalized spacial score (nSPS) is 15.0. The summed E-state index contributed by atoms with van der Waals surface area (Å²) in [6.45, 7) is 14.7. The predicted octanol–water partition coefficient (Wildman–Crippen LogP) is 8.44. The number of ether oxygens (including phenoxy) is 2. The number of nitrogens with zero attached hydrogens (tertiary/aromatic N) is 5. The van der Waals surface area contributed by atoms with Crippen molar-refractivity contribution in [3.05, 3.63) is 53.1 Å². The van der Waals surface area contributed by atoms with Crippen LogP contribution in [0.25, 0.3) is 5.65 Å². The third kappa shape index (κ3) is 8.83. The molecule has 1 saturated heterocycles. The highest BCUT2D eigenvalue weighted by Crippen LogP contribution is 2.37. The first-order valence-electron chi connectivity index (χ1n) is 15.1. The molecule has 0 bridgehead atoms. The summed E-state index contributed by atoms with van der Waals surface area (Å²) in [5.41, 5.74) is -1.88. The van der Waals surface area contributed by atoms with Gasteiger partial charge in [0.1, 0.15) is 22.0 Å². The number of carbonyl (C=O) groups excluding carboxylic acids is 2. The molecule has 0 aliphatic carbocycles. The molecule has 2 aromatic heterocycles. The summed E-state index contributed by atoms with van der Waals surface area (Å²) in [5.74, 6) is -1.06. The smallest absolute Gasteiger partial charge is 0.416 e. The number of amides is 2. The van der Waals surface area contributed by atoms with E-state index in [0.717, 1.165) is 22.7 Å². The van der Waals surface area contributed by atoms with Gasteiger partial charge in [0.2, 0.25) is 0 Å². The zero-order valence-corrected chi connectivity index (χ0v) is 28.2. The maximum absolute atomic E-state index is 14.0. The third-order valence-electron chi connectivity index (χ3n) is 7.04. The number of rotatable bonds is 6. The molecule has 1 aliphatic heterocycles. The Morgan fingerprint density at radius 3 is 2.22 bits per heavy atom. The van der Waals surface area contributed by atoms with E-state index in [2.05, 4.69) is 4.98 Å². The fourth-order valence-corrected chi connectivity index (χ4v) is 6.03. The first-order chi connectivity index (χ1) is 21.2. The molecular weight excluding hydrogens is 626 g/mol. The molecule has 0 unspecified atom stereocenters. The van der Waals surface area contributed by atoms with E-state index < -0.39 is 41.4 Å². The van der Waals surface area contributed by atoms with E-state index in [4.69, 9.17) is 14.6 Å². The number of carbonyl (C=O) groups is 2. The Hall–Kier alpha value is -3.55. The van der Waals surface area contributed by atoms with Gasteiger partial charge < -0.3 is 14.4 Å². The van der Waals surface area contributed by atoms with E-state index in [0.29, 0.717) is 37.0 Å². The number of hydrogen-bond acceptors (Lipinski definition) is 7. The molecule has 0 saturated carbocycles. The predicted molar refractivity (Wildman–Crippen MR) is 168 cm³/mol. The highest BCUT2D eigenvalue weighted by atomic mass is 32.2. The molecule has 9 nitrogen and oxygen atoms in total. The molecule has 2 amide bonds. The van der Waals surface area contributed by atoms with Crippen LogP contribution in [0.4, 0.5) is 32.8 Å². The number of halogens is 4. The largest absolute Gasteiger partial charge is 0.444 e. The number of imidazole rings is 1. The van der Waals surface area contributed by atoms with Gasteiger partial charge in [-0.2, -0.15) is 18.3 Å². The Kier molecular flexibility index (Phi) is 10.2. The number of alkyl halides is 3. The van der Waals surface area contributed by atoms with E-state index in [1.807, 2.05) is 34.6 Å². The molecule has 252 valence electrons. The molecule has 4 rings (SSSR count). The van der Waals surface area contributed by atoms with Crippen LogP contribution in [0.15, 0.2) is 35.5 Å². The fourth-order valence-electron chi connectivity index (χ4n) is 4.94. The summed E-state index contributed by atoms with van der Waals surface area (Å²) in [7, 11) is 0. The van der Waals surface area contributed by atoms with Gasteiger partial charge in [-0.05, 0) is 84.1 Å². The number of anilines is 1. The van der Waals surface area contributed by atoms with Gasteiger partial charge in [-0.3, -0.25) is 4.90 Å². The number of thioether (sulfide) groups is 1. The number of hydrogen-bond donors (Lipinski definition) is 0. The van der Waals surface area contributed by atoms with Crippen LogP contribution < -0.4 is 4.90 Å². The molecule has 1 aliphatic rings. The van der Waals surface area contributed by atoms with Gasteiger partial charge in [-0.1, -0.05) is 19.9 Å². The average molecular weight is 668 g/mol. The van der Waals surface area contributed by atoms with E-state index >= 15 is 0 Å². The van der Waals surface area contributed by atoms with Crippen molar-refractivity contribution in [1.82, 2.24) is 19.5 Å². The zero-order chi connectivity index (χ0) is 34.2. The first kappa shape index (κ1) is 35.3. The molecule has 3 heterocycles. The van der Waals surface area contributed by atoms with Crippen molar-refractivity contribution in [2.45, 2.75) is 108 Å². The number of fused-ring (bicyclic) bond motifs is 1. The number of piperidine rings is 1. The second kappa shape index (κ2) is 13.3. The standard InChI is InChI=1S/C32H41F4N5O4S/c1-19(2)25-17-37-27-24(16-26(38-41(25)27)46-22-11-13-39(14-12-22)28(42)44-30(3,4)5)40(29(43)45-31(6,7)8)18-20-9-10-21(33)15-23(20)32(34,35)36/h9-10,15-17,19,22H,11-14,18H2,1-8H3. The molecule has 1 aromatic carbocycles. The van der Waals surface area contributed by atoms with Gasteiger partial charge in [-0.15, -0.1) is 11.8 Å². The lowest BCUT2D eigenvalue weighted by molar-refractivity contribution is -0.138. The molecule has 46 heavy (non-hydrogen) atoms. The minimum Gasteiger partial charge on any atom is -0.444 e. The number of benzene rings is 1. The quantitative estimate of drug-likeness (QED) is 0.244. The summed E-state index contributed by atoms with van der Waals surface area (Å²) < 4.78 is 68.8. The van der Waals surface area contributed by atoms with Crippen LogP contribution in [0.3, 0.4) is 0 Å². The Labute approximate surface area is 270 Å². The van der Waals surface area contributed by atoms with Crippen LogP contribution >= 0.6 is 11.8 Å². The Morgan fingerprint density at radius 1 is 1.02 bits per heavy atom. The summed E-state index contributed by atoms with van der Waals surface area (Å²) >= 11 is 1.46. The van der Waals surface area contributed by atoms with Crippen molar-refractivity contribution < 1.29 is 36.6 Å². The third-order valence-corrected chi connectivity index (χ3v) is 8.28. The molecule has 14 heteroatoms. The van der Waals surface area contributed by atoms with Gasteiger partial charge in [0.15, 0.2) is 5.65 Å². The monoisotopic (exact) mass is 667 g/mol. The van der Waals surface area contributed by atoms with Crippen LogP contribution in [-0.2, 0) is 22.2 Å². The topological polar surface area (TPSA) is 89.3 Å². The lowest BCUT2D eigenvalue weighted by Crippen LogP contribution is -2.42. The summed E-state index contributed by atoms with van der Waals surface area (Å²) in [5, 5.41) is 5.39. The zero-order valence-electron chi connectivity index (χ0n) is 27.4. The molecule has 0 atom stereocenters. The SMILES string of the molecule is CC(C)c1cnc2c(N(Cc3ccc(F)cc3C(F)(F)F)C(=O)OC(C)(C)C)cc(SC3CCN(C(=O)OC(C)(C)C)CC3)nn12. The molecule has 0 spiro atoms. The van der Waals surface area contributed by atoms with E-state index in [9.17, 15) is 27.2 Å². The maximum Gasteiger partial charge on any atom is 0.416 e. The fraction of sp³-hybridized carbons (Fsp3) is 0.562. The lowest BCUT2D eigenvalue weighted by atomic mass is 10.1. The Balaban J connectivity index is 1.75. The Bertz CT molecular complexity index is 1570. The van der Waals surface area contributed by atoms with Crippen molar-refractivity contribution in [1.29, 1.82) is 0 Å². The Morgan fingerprint density at radius 2 is 1.65 bits per heavy atom. The highest BCUT2D eigenvalue weighted by molar-refractivity contribution is 7.99.